The molecule has 0 radical (unpaired) electrons. The summed E-state index contributed by atoms with van der Waals surface area (Å²) >= 11 is 1.28. The average molecular weight is 401 g/mol. The van der Waals surface area contributed by atoms with Crippen LogP contribution in [0.25, 0.3) is 0 Å². The summed E-state index contributed by atoms with van der Waals surface area (Å²) in [4.78, 5) is 24.0. The van der Waals surface area contributed by atoms with Crippen molar-refractivity contribution in [3.63, 3.8) is 0 Å². The van der Waals surface area contributed by atoms with Crippen LogP contribution in [0.1, 0.15) is 37.2 Å². The second kappa shape index (κ2) is 10.3. The molecule has 0 unspecified atom stereocenters. The molecule has 4 nitrogen and oxygen atoms in total. The molecule has 6 heteroatoms. The zero-order valence-corrected chi connectivity index (χ0v) is 16.5. The van der Waals surface area contributed by atoms with Gasteiger partial charge in [-0.1, -0.05) is 30.3 Å². The van der Waals surface area contributed by atoms with Gasteiger partial charge in [0.15, 0.2) is 0 Å². The first-order chi connectivity index (χ1) is 13.6. The predicted molar refractivity (Wildman–Crippen MR) is 112 cm³/mol. The van der Waals surface area contributed by atoms with E-state index in [2.05, 4.69) is 34.9 Å². The lowest BCUT2D eigenvalue weighted by atomic mass is 9.82. The van der Waals surface area contributed by atoms with Crippen molar-refractivity contribution < 1.29 is 14.0 Å². The molecular weight excluding hydrogens is 375 g/mol. The van der Waals surface area contributed by atoms with Gasteiger partial charge in [0, 0.05) is 11.7 Å². The quantitative estimate of drug-likeness (QED) is 0.727. The van der Waals surface area contributed by atoms with Crippen LogP contribution in [0.3, 0.4) is 0 Å². The molecule has 2 amide bonds. The van der Waals surface area contributed by atoms with Crippen LogP contribution in [0.5, 0.6) is 0 Å². The number of thioether (sulfide) groups is 1. The van der Waals surface area contributed by atoms with Gasteiger partial charge in [-0.15, -0.1) is 11.8 Å². The fourth-order valence-electron chi connectivity index (χ4n) is 3.53. The molecule has 28 heavy (non-hydrogen) atoms. The van der Waals surface area contributed by atoms with E-state index < -0.39 is 0 Å². The van der Waals surface area contributed by atoms with Gasteiger partial charge in [0.1, 0.15) is 5.82 Å². The fourth-order valence-corrected chi connectivity index (χ4v) is 4.16. The van der Waals surface area contributed by atoms with Crippen molar-refractivity contribution in [3.05, 3.63) is 66.0 Å². The maximum atomic E-state index is 12.9. The molecule has 1 saturated carbocycles. The van der Waals surface area contributed by atoms with E-state index in [1.54, 1.807) is 0 Å². The second-order valence-electron chi connectivity index (χ2n) is 7.07. The number of amides is 2. The molecule has 148 valence electrons. The molecule has 1 aliphatic carbocycles. The van der Waals surface area contributed by atoms with E-state index in [-0.39, 0.29) is 35.2 Å². The number of halogens is 1. The van der Waals surface area contributed by atoms with Crippen LogP contribution in [0.15, 0.2) is 54.6 Å². The predicted octanol–water partition coefficient (Wildman–Crippen LogP) is 4.34. The van der Waals surface area contributed by atoms with Crippen molar-refractivity contribution in [1.82, 2.24) is 5.32 Å². The monoisotopic (exact) mass is 400 g/mol. The van der Waals surface area contributed by atoms with Crippen LogP contribution in [-0.2, 0) is 9.59 Å². The van der Waals surface area contributed by atoms with E-state index in [0.717, 1.165) is 25.7 Å². The van der Waals surface area contributed by atoms with Gasteiger partial charge >= 0.3 is 0 Å². The van der Waals surface area contributed by atoms with Crippen LogP contribution in [-0.4, -0.2) is 29.4 Å². The molecule has 1 fully saturated rings. The molecular formula is C22H25FN2O2S. The zero-order chi connectivity index (χ0) is 19.8. The van der Waals surface area contributed by atoms with E-state index in [0.29, 0.717) is 11.6 Å². The first kappa shape index (κ1) is 20.4. The molecule has 0 heterocycles. The maximum absolute atomic E-state index is 12.9. The van der Waals surface area contributed by atoms with Gasteiger partial charge in [0.25, 0.3) is 0 Å². The van der Waals surface area contributed by atoms with Crippen molar-refractivity contribution in [2.45, 2.75) is 37.6 Å². The smallest absolute Gasteiger partial charge is 0.234 e. The summed E-state index contributed by atoms with van der Waals surface area (Å²) in [5, 5.41) is 5.77. The summed E-state index contributed by atoms with van der Waals surface area (Å²) in [7, 11) is 0. The second-order valence-corrected chi connectivity index (χ2v) is 8.06. The fraction of sp³-hybridized carbons (Fsp3) is 0.364. The molecule has 1 aliphatic rings. The summed E-state index contributed by atoms with van der Waals surface area (Å²) in [6, 6.07) is 16.4. The van der Waals surface area contributed by atoms with E-state index in [4.69, 9.17) is 0 Å². The Balaban J connectivity index is 1.31. The molecule has 2 aromatic rings. The first-order valence-corrected chi connectivity index (χ1v) is 10.7. The van der Waals surface area contributed by atoms with Crippen LogP contribution < -0.4 is 10.6 Å². The molecule has 0 aromatic heterocycles. The van der Waals surface area contributed by atoms with Crippen LogP contribution in [0.2, 0.25) is 0 Å². The largest absolute Gasteiger partial charge is 0.353 e. The van der Waals surface area contributed by atoms with E-state index >= 15 is 0 Å². The molecule has 0 spiro atoms. The minimum absolute atomic E-state index is 0.0252. The molecule has 2 aromatic carbocycles. The number of carbonyl (C=O) groups is 2. The zero-order valence-electron chi connectivity index (χ0n) is 15.7. The van der Waals surface area contributed by atoms with Crippen molar-refractivity contribution in [2.75, 3.05) is 16.8 Å². The maximum Gasteiger partial charge on any atom is 0.234 e. The molecule has 0 atom stereocenters. The number of rotatable bonds is 7. The first-order valence-electron chi connectivity index (χ1n) is 9.57. The van der Waals surface area contributed by atoms with Crippen LogP contribution in [0, 0.1) is 5.82 Å². The normalized spacial score (nSPS) is 19.0. The Kier molecular flexibility index (Phi) is 7.48. The van der Waals surface area contributed by atoms with Crippen molar-refractivity contribution in [1.29, 1.82) is 0 Å². The Labute approximate surface area is 169 Å². The Morgan fingerprint density at radius 3 is 2.21 bits per heavy atom. The SMILES string of the molecule is O=C(CSCC(=O)NC1CCC(c2ccccc2)CC1)Nc1ccc(F)cc1. The highest BCUT2D eigenvalue weighted by molar-refractivity contribution is 8.00. The summed E-state index contributed by atoms with van der Waals surface area (Å²) in [6.45, 7) is 0. The lowest BCUT2D eigenvalue weighted by molar-refractivity contribution is -0.119. The third-order valence-corrected chi connectivity index (χ3v) is 5.89. The summed E-state index contributed by atoms with van der Waals surface area (Å²) in [5.74, 6) is 0.456. The van der Waals surface area contributed by atoms with E-state index in [1.165, 1.54) is 41.6 Å². The summed E-state index contributed by atoms with van der Waals surface area (Å²) in [6.07, 6.45) is 4.15. The van der Waals surface area contributed by atoms with Crippen molar-refractivity contribution in [3.8, 4) is 0 Å². The standard InChI is InChI=1S/C22H25FN2O2S/c23-18-8-12-20(13-9-18)25-22(27)15-28-14-21(26)24-19-10-6-17(7-11-19)16-4-2-1-3-5-16/h1-5,8-9,12-13,17,19H,6-7,10-11,14-15H2,(H,24,26)(H,25,27). The molecule has 0 aliphatic heterocycles. The minimum Gasteiger partial charge on any atom is -0.353 e. The Morgan fingerprint density at radius 2 is 1.54 bits per heavy atom. The lowest BCUT2D eigenvalue weighted by Gasteiger charge is -2.29. The summed E-state index contributed by atoms with van der Waals surface area (Å²) in [5.41, 5.74) is 1.93. The van der Waals surface area contributed by atoms with Crippen molar-refractivity contribution in [2.24, 2.45) is 0 Å². The number of carbonyl (C=O) groups excluding carboxylic acids is 2. The Bertz CT molecular complexity index is 775. The van der Waals surface area contributed by atoms with Gasteiger partial charge in [0.05, 0.1) is 11.5 Å². The highest BCUT2D eigenvalue weighted by Gasteiger charge is 2.23. The van der Waals surface area contributed by atoms with Gasteiger partial charge in [-0.05, 0) is 61.4 Å². The van der Waals surface area contributed by atoms with Gasteiger partial charge in [-0.2, -0.15) is 0 Å². The Hall–Kier alpha value is -2.34. The molecule has 2 N–H and O–H groups in total. The van der Waals surface area contributed by atoms with Crippen molar-refractivity contribution >= 4 is 29.3 Å². The third kappa shape index (κ3) is 6.37. The van der Waals surface area contributed by atoms with E-state index in [1.807, 2.05) is 6.07 Å². The average Bonchev–Trinajstić information content (AvgIpc) is 2.71. The van der Waals surface area contributed by atoms with Gasteiger partial charge in [-0.3, -0.25) is 9.59 Å². The number of hydrogen-bond donors (Lipinski definition) is 2. The van der Waals surface area contributed by atoms with Gasteiger partial charge in [-0.25, -0.2) is 4.39 Å². The highest BCUT2D eigenvalue weighted by atomic mass is 32.2. The number of hydrogen-bond acceptors (Lipinski definition) is 3. The number of nitrogens with one attached hydrogen (secondary N) is 2. The Morgan fingerprint density at radius 1 is 0.893 bits per heavy atom. The highest BCUT2D eigenvalue weighted by Crippen LogP contribution is 2.32. The minimum atomic E-state index is -0.346. The van der Waals surface area contributed by atoms with Gasteiger partial charge < -0.3 is 10.6 Å². The topological polar surface area (TPSA) is 58.2 Å². The van der Waals surface area contributed by atoms with Crippen LogP contribution in [0.4, 0.5) is 10.1 Å². The van der Waals surface area contributed by atoms with Crippen LogP contribution >= 0.6 is 11.8 Å². The lowest BCUT2D eigenvalue weighted by Crippen LogP contribution is -2.38. The number of anilines is 1. The molecule has 3 rings (SSSR count). The number of benzene rings is 2. The van der Waals surface area contributed by atoms with Gasteiger partial charge in [0.2, 0.25) is 11.8 Å². The summed E-state index contributed by atoms with van der Waals surface area (Å²) < 4.78 is 12.9. The molecule has 0 bridgehead atoms. The van der Waals surface area contributed by atoms with E-state index in [9.17, 15) is 14.0 Å². The molecule has 0 saturated heterocycles. The third-order valence-electron chi connectivity index (χ3n) is 4.96.